The zero-order chi connectivity index (χ0) is 6.41. The van der Waals surface area contributed by atoms with E-state index < -0.39 is 0 Å². The van der Waals surface area contributed by atoms with Crippen LogP contribution in [0.15, 0.2) is 0 Å². The molecule has 0 fully saturated rings. The Hall–Kier alpha value is 1.29. The number of unbranched alkanes of at least 4 members (excludes halogenated alkanes) is 2. The molecule has 58 valence electrons. The minimum atomic E-state index is 0. The van der Waals surface area contributed by atoms with E-state index in [1.54, 1.807) is 0 Å². The summed E-state index contributed by atoms with van der Waals surface area (Å²) < 4.78 is 0. The maximum Gasteiger partial charge on any atom is 1.00 e. The van der Waals surface area contributed by atoms with Gasteiger partial charge in [-0.15, -0.1) is 12.4 Å². The summed E-state index contributed by atoms with van der Waals surface area (Å²) in [5.74, 6) is 0.876. The summed E-state index contributed by atoms with van der Waals surface area (Å²) in [5.41, 5.74) is 0. The van der Waals surface area contributed by atoms with Crippen LogP contribution in [0.3, 0.4) is 0 Å². The predicted molar refractivity (Wildman–Crippen MR) is 45.9 cm³/mol. The van der Waals surface area contributed by atoms with E-state index in [2.05, 4.69) is 20.8 Å². The van der Waals surface area contributed by atoms with Crippen molar-refractivity contribution in [1.29, 1.82) is 0 Å². The molecule has 0 aliphatic heterocycles. The van der Waals surface area contributed by atoms with Gasteiger partial charge in [-0.05, 0) is 5.92 Å². The molecule has 0 aromatic rings. The van der Waals surface area contributed by atoms with E-state index in [0.29, 0.717) is 0 Å². The number of halogens is 1. The molecule has 0 aromatic carbocycles. The third-order valence-corrected chi connectivity index (χ3v) is 1.28. The average molecular weight is 173 g/mol. The maximum atomic E-state index is 3.78. The van der Waals surface area contributed by atoms with Crippen LogP contribution in [0.25, 0.3) is 0 Å². The predicted octanol–water partition coefficient (Wildman–Crippen LogP) is 0.463. The van der Waals surface area contributed by atoms with Crippen molar-refractivity contribution in [3.8, 4) is 0 Å². The summed E-state index contributed by atoms with van der Waals surface area (Å²) in [4.78, 5) is 0. The number of hydrogen-bond acceptors (Lipinski definition) is 0. The van der Waals surface area contributed by atoms with Crippen LogP contribution in [-0.2, 0) is 0 Å². The summed E-state index contributed by atoms with van der Waals surface area (Å²) in [6.45, 7) is 8.32. The Bertz CT molecular complexity index is 46.5. The van der Waals surface area contributed by atoms with Crippen molar-refractivity contribution in [1.82, 2.24) is 0 Å². The molecule has 0 heterocycles. The van der Waals surface area contributed by atoms with Gasteiger partial charge in [-0.1, -0.05) is 33.1 Å². The fourth-order valence-corrected chi connectivity index (χ4v) is 0.729. The standard InChI is InChI=1S/C8H17.ClH.Na/c1-4-5-6-7-8(2)3;;/h8H,1,4-7H2,2-3H3;1H;/q-1;;+1. The van der Waals surface area contributed by atoms with Gasteiger partial charge in [0.15, 0.2) is 0 Å². The van der Waals surface area contributed by atoms with Gasteiger partial charge in [0, 0.05) is 0 Å². The molecular weight excluding hydrogens is 155 g/mol. The van der Waals surface area contributed by atoms with Gasteiger partial charge in [0.2, 0.25) is 0 Å². The smallest absolute Gasteiger partial charge is 0.343 e. The topological polar surface area (TPSA) is 0 Å². The molecular formula is C8H18ClNa. The van der Waals surface area contributed by atoms with Crippen molar-refractivity contribution in [2.45, 2.75) is 39.5 Å². The summed E-state index contributed by atoms with van der Waals surface area (Å²) >= 11 is 0. The fourth-order valence-electron chi connectivity index (χ4n) is 0.729. The first-order valence-electron chi connectivity index (χ1n) is 3.56. The monoisotopic (exact) mass is 172 g/mol. The zero-order valence-electron chi connectivity index (χ0n) is 7.52. The molecule has 0 radical (unpaired) electrons. The molecule has 0 saturated heterocycles. The zero-order valence-corrected chi connectivity index (χ0v) is 10.3. The van der Waals surface area contributed by atoms with Crippen LogP contribution in [0, 0.1) is 12.8 Å². The second kappa shape index (κ2) is 12.9. The van der Waals surface area contributed by atoms with Crippen LogP contribution >= 0.6 is 12.4 Å². The van der Waals surface area contributed by atoms with Crippen LogP contribution in [0.1, 0.15) is 39.5 Å². The third kappa shape index (κ3) is 16.1. The average Bonchev–Trinajstić information content (AvgIpc) is 1.66. The number of hydrogen-bond donors (Lipinski definition) is 0. The SMILES string of the molecule is Cl.[CH2-]CCCCC(C)C.[Na+]. The molecule has 0 bridgehead atoms. The van der Waals surface area contributed by atoms with Crippen molar-refractivity contribution in [3.05, 3.63) is 6.92 Å². The van der Waals surface area contributed by atoms with E-state index >= 15 is 0 Å². The van der Waals surface area contributed by atoms with E-state index in [-0.39, 0.29) is 42.0 Å². The Morgan fingerprint density at radius 3 is 2.00 bits per heavy atom. The molecule has 0 aliphatic carbocycles. The molecule has 0 atom stereocenters. The van der Waals surface area contributed by atoms with Gasteiger partial charge in [-0.25, -0.2) is 0 Å². The Balaban J connectivity index is -0.000000245. The minimum Gasteiger partial charge on any atom is -0.343 e. The van der Waals surface area contributed by atoms with Gasteiger partial charge in [-0.3, -0.25) is 0 Å². The van der Waals surface area contributed by atoms with Crippen molar-refractivity contribution < 1.29 is 29.6 Å². The van der Waals surface area contributed by atoms with E-state index in [1.807, 2.05) is 0 Å². The van der Waals surface area contributed by atoms with Crippen LogP contribution < -0.4 is 29.6 Å². The molecule has 10 heavy (non-hydrogen) atoms. The summed E-state index contributed by atoms with van der Waals surface area (Å²) in [6, 6.07) is 0. The fraction of sp³-hybridized carbons (Fsp3) is 0.875. The van der Waals surface area contributed by atoms with Crippen LogP contribution in [0.4, 0.5) is 0 Å². The van der Waals surface area contributed by atoms with Gasteiger partial charge in [0.05, 0.1) is 0 Å². The Morgan fingerprint density at radius 1 is 1.20 bits per heavy atom. The van der Waals surface area contributed by atoms with Crippen molar-refractivity contribution in [2.24, 2.45) is 5.92 Å². The van der Waals surface area contributed by atoms with E-state index in [1.165, 1.54) is 19.3 Å². The van der Waals surface area contributed by atoms with E-state index in [9.17, 15) is 0 Å². The molecule has 0 rings (SSSR count). The molecule has 0 saturated carbocycles. The molecule has 0 unspecified atom stereocenters. The van der Waals surface area contributed by atoms with Crippen LogP contribution in [0.2, 0.25) is 0 Å². The molecule has 0 aromatic heterocycles. The molecule has 0 nitrogen and oxygen atoms in total. The van der Waals surface area contributed by atoms with E-state index in [0.717, 1.165) is 12.3 Å². The molecule has 0 amide bonds. The number of rotatable bonds is 4. The second-order valence-corrected chi connectivity index (χ2v) is 2.74. The van der Waals surface area contributed by atoms with Crippen LogP contribution in [0.5, 0.6) is 0 Å². The minimum absolute atomic E-state index is 0. The summed E-state index contributed by atoms with van der Waals surface area (Å²) in [7, 11) is 0. The van der Waals surface area contributed by atoms with Gasteiger partial charge >= 0.3 is 29.6 Å². The van der Waals surface area contributed by atoms with Crippen molar-refractivity contribution >= 4 is 12.4 Å². The van der Waals surface area contributed by atoms with Gasteiger partial charge in [-0.2, -0.15) is 6.42 Å². The third-order valence-electron chi connectivity index (χ3n) is 1.28. The Kier molecular flexibility index (Phi) is 22.5. The van der Waals surface area contributed by atoms with Gasteiger partial charge in [0.25, 0.3) is 0 Å². The largest absolute Gasteiger partial charge is 1.00 e. The summed E-state index contributed by atoms with van der Waals surface area (Å²) in [6.07, 6.45) is 5.14. The summed E-state index contributed by atoms with van der Waals surface area (Å²) in [5, 5.41) is 0. The molecule has 2 heteroatoms. The molecule has 0 N–H and O–H groups in total. The van der Waals surface area contributed by atoms with Gasteiger partial charge in [0.1, 0.15) is 0 Å². The maximum absolute atomic E-state index is 3.78. The van der Waals surface area contributed by atoms with Gasteiger partial charge < -0.3 is 6.92 Å². The van der Waals surface area contributed by atoms with Crippen LogP contribution in [-0.4, -0.2) is 0 Å². The quantitative estimate of drug-likeness (QED) is 0.329. The molecule has 0 aliphatic rings. The second-order valence-electron chi connectivity index (χ2n) is 2.74. The molecule has 0 spiro atoms. The first-order valence-corrected chi connectivity index (χ1v) is 3.56. The first kappa shape index (κ1) is 17.4. The Morgan fingerprint density at radius 2 is 1.70 bits per heavy atom. The Labute approximate surface area is 93.9 Å². The van der Waals surface area contributed by atoms with E-state index in [4.69, 9.17) is 0 Å². The normalized spacial score (nSPS) is 8.40. The first-order chi connectivity index (χ1) is 3.77. The van der Waals surface area contributed by atoms with Crippen molar-refractivity contribution in [3.63, 3.8) is 0 Å². The van der Waals surface area contributed by atoms with Crippen molar-refractivity contribution in [2.75, 3.05) is 0 Å².